The van der Waals surface area contributed by atoms with Crippen molar-refractivity contribution in [1.29, 1.82) is 0 Å². The Hall–Kier alpha value is -0.610. The largest absolute Gasteiger partial charge is 0.349 e. The molecule has 0 aliphatic carbocycles. The molecule has 0 aromatic rings. The highest BCUT2D eigenvalue weighted by atomic mass is 16.2. The van der Waals surface area contributed by atoms with Crippen LogP contribution in [0.3, 0.4) is 0 Å². The van der Waals surface area contributed by atoms with Crippen molar-refractivity contribution in [3.63, 3.8) is 0 Å². The molecule has 4 nitrogen and oxygen atoms in total. The van der Waals surface area contributed by atoms with Crippen LogP contribution in [0.15, 0.2) is 0 Å². The van der Waals surface area contributed by atoms with Gasteiger partial charge in [0.05, 0.1) is 0 Å². The molecule has 0 saturated carbocycles. The summed E-state index contributed by atoms with van der Waals surface area (Å²) in [5.74, 6) is 0.193. The standard InChI is InChI=1S/C10H20N3O/c1-12(2)10(14)7-9-8-11-5-4-6-13(9)3/h9H,4-8H2,1-3H3. The summed E-state index contributed by atoms with van der Waals surface area (Å²) in [4.78, 5) is 15.4. The van der Waals surface area contributed by atoms with E-state index >= 15 is 0 Å². The molecule has 1 amide bonds. The zero-order valence-corrected chi connectivity index (χ0v) is 9.36. The minimum absolute atomic E-state index is 0.193. The van der Waals surface area contributed by atoms with Crippen LogP contribution in [0, 0.1) is 0 Å². The van der Waals surface area contributed by atoms with Gasteiger partial charge in [-0.25, -0.2) is 5.32 Å². The van der Waals surface area contributed by atoms with Crippen molar-refractivity contribution in [2.45, 2.75) is 18.9 Å². The smallest absolute Gasteiger partial charge is 0.223 e. The van der Waals surface area contributed by atoms with Crippen molar-refractivity contribution in [3.8, 4) is 0 Å². The van der Waals surface area contributed by atoms with E-state index in [-0.39, 0.29) is 5.91 Å². The molecule has 0 aromatic carbocycles. The molecule has 0 aromatic heterocycles. The van der Waals surface area contributed by atoms with Gasteiger partial charge in [0.25, 0.3) is 0 Å². The molecular weight excluding hydrogens is 178 g/mol. The Morgan fingerprint density at radius 3 is 2.93 bits per heavy atom. The number of hydrogen-bond acceptors (Lipinski definition) is 2. The average Bonchev–Trinajstić information content (AvgIpc) is 2.32. The lowest BCUT2D eigenvalue weighted by atomic mass is 10.1. The fourth-order valence-corrected chi connectivity index (χ4v) is 1.60. The zero-order valence-electron chi connectivity index (χ0n) is 9.36. The van der Waals surface area contributed by atoms with E-state index in [1.807, 2.05) is 0 Å². The molecule has 1 rings (SSSR count). The van der Waals surface area contributed by atoms with Gasteiger partial charge in [0.1, 0.15) is 0 Å². The Labute approximate surface area is 86.2 Å². The molecule has 1 atom stereocenters. The minimum Gasteiger partial charge on any atom is -0.349 e. The summed E-state index contributed by atoms with van der Waals surface area (Å²) < 4.78 is 0. The van der Waals surface area contributed by atoms with E-state index in [0.29, 0.717) is 12.5 Å². The summed E-state index contributed by atoms with van der Waals surface area (Å²) in [6.45, 7) is 2.79. The number of amides is 1. The molecule has 1 aliphatic rings. The first-order chi connectivity index (χ1) is 6.61. The number of likely N-dealkylation sites (N-methyl/N-ethyl adjacent to an activating group) is 1. The lowest BCUT2D eigenvalue weighted by molar-refractivity contribution is -0.129. The van der Waals surface area contributed by atoms with Crippen LogP contribution >= 0.6 is 0 Å². The topological polar surface area (TPSA) is 37.7 Å². The predicted octanol–water partition coefficient (Wildman–Crippen LogP) is -0.227. The maximum atomic E-state index is 11.5. The molecule has 0 spiro atoms. The molecule has 1 heterocycles. The van der Waals surface area contributed by atoms with Crippen LogP contribution < -0.4 is 5.32 Å². The fraction of sp³-hybridized carbons (Fsp3) is 0.900. The van der Waals surface area contributed by atoms with Crippen LogP contribution in [0.25, 0.3) is 0 Å². The van der Waals surface area contributed by atoms with Gasteiger partial charge in [-0.3, -0.25) is 4.79 Å². The number of nitrogens with zero attached hydrogens (tertiary/aromatic N) is 3. The van der Waals surface area contributed by atoms with E-state index in [2.05, 4.69) is 17.3 Å². The third-order valence-corrected chi connectivity index (χ3v) is 2.70. The van der Waals surface area contributed by atoms with Gasteiger partial charge in [-0.05, 0) is 20.0 Å². The van der Waals surface area contributed by atoms with Crippen LogP contribution in [0.1, 0.15) is 12.8 Å². The second-order valence-corrected chi connectivity index (χ2v) is 4.11. The van der Waals surface area contributed by atoms with E-state index in [1.54, 1.807) is 19.0 Å². The quantitative estimate of drug-likeness (QED) is 0.615. The van der Waals surface area contributed by atoms with Gasteiger partial charge < -0.3 is 9.80 Å². The Morgan fingerprint density at radius 1 is 1.57 bits per heavy atom. The maximum absolute atomic E-state index is 11.5. The molecule has 1 unspecified atom stereocenters. The Bertz CT molecular complexity index is 194. The second-order valence-electron chi connectivity index (χ2n) is 4.11. The van der Waals surface area contributed by atoms with Crippen molar-refractivity contribution in [3.05, 3.63) is 0 Å². The lowest BCUT2D eigenvalue weighted by Crippen LogP contribution is -2.39. The van der Waals surface area contributed by atoms with Crippen LogP contribution in [-0.2, 0) is 4.79 Å². The highest BCUT2D eigenvalue weighted by Gasteiger charge is 2.21. The molecule has 1 radical (unpaired) electrons. The van der Waals surface area contributed by atoms with Gasteiger partial charge in [-0.2, -0.15) is 0 Å². The van der Waals surface area contributed by atoms with Crippen molar-refractivity contribution < 1.29 is 4.79 Å². The zero-order chi connectivity index (χ0) is 10.6. The van der Waals surface area contributed by atoms with E-state index in [0.717, 1.165) is 26.1 Å². The normalized spacial score (nSPS) is 24.4. The van der Waals surface area contributed by atoms with Crippen LogP contribution in [-0.4, -0.2) is 62.5 Å². The van der Waals surface area contributed by atoms with Gasteiger partial charge >= 0.3 is 0 Å². The molecular formula is C10H20N3O. The van der Waals surface area contributed by atoms with Crippen LogP contribution in [0.4, 0.5) is 0 Å². The van der Waals surface area contributed by atoms with Gasteiger partial charge in [-0.15, -0.1) is 0 Å². The van der Waals surface area contributed by atoms with Gasteiger partial charge in [0, 0.05) is 39.6 Å². The number of rotatable bonds is 2. The van der Waals surface area contributed by atoms with E-state index in [4.69, 9.17) is 0 Å². The first kappa shape index (κ1) is 11.5. The number of hydrogen-bond donors (Lipinski definition) is 0. The third kappa shape index (κ3) is 3.27. The van der Waals surface area contributed by atoms with Gasteiger partial charge in [0.2, 0.25) is 5.91 Å². The summed E-state index contributed by atoms with van der Waals surface area (Å²) in [5.41, 5.74) is 0. The highest BCUT2D eigenvalue weighted by Crippen LogP contribution is 2.07. The molecule has 14 heavy (non-hydrogen) atoms. The van der Waals surface area contributed by atoms with Crippen LogP contribution in [0.5, 0.6) is 0 Å². The van der Waals surface area contributed by atoms with Gasteiger partial charge in [-0.1, -0.05) is 0 Å². The minimum atomic E-state index is 0.193. The van der Waals surface area contributed by atoms with Crippen molar-refractivity contribution in [2.75, 3.05) is 40.8 Å². The summed E-state index contributed by atoms with van der Waals surface area (Å²) in [6.07, 6.45) is 1.70. The number of carbonyl (C=O) groups excluding carboxylic acids is 1. The van der Waals surface area contributed by atoms with Gasteiger partial charge in [0.15, 0.2) is 0 Å². The predicted molar refractivity (Wildman–Crippen MR) is 56.2 cm³/mol. The SMILES string of the molecule is CN(C)C(=O)CC1C[N]CCCN1C. The summed E-state index contributed by atoms with van der Waals surface area (Å²) in [5, 5.41) is 4.40. The van der Waals surface area contributed by atoms with E-state index in [1.165, 1.54) is 0 Å². The molecule has 0 bridgehead atoms. The molecule has 4 heteroatoms. The lowest BCUT2D eigenvalue weighted by Gasteiger charge is -2.25. The Balaban J connectivity index is 2.44. The molecule has 0 N–H and O–H groups in total. The van der Waals surface area contributed by atoms with Crippen molar-refractivity contribution >= 4 is 5.91 Å². The van der Waals surface area contributed by atoms with Crippen LogP contribution in [0.2, 0.25) is 0 Å². The van der Waals surface area contributed by atoms with E-state index in [9.17, 15) is 4.79 Å². The number of carbonyl (C=O) groups is 1. The Morgan fingerprint density at radius 2 is 2.29 bits per heavy atom. The first-order valence-electron chi connectivity index (χ1n) is 5.15. The third-order valence-electron chi connectivity index (χ3n) is 2.70. The molecule has 1 fully saturated rings. The van der Waals surface area contributed by atoms with Crippen molar-refractivity contribution in [2.24, 2.45) is 0 Å². The van der Waals surface area contributed by atoms with E-state index < -0.39 is 0 Å². The molecule has 81 valence electrons. The second kappa shape index (κ2) is 5.32. The molecule has 1 saturated heterocycles. The monoisotopic (exact) mass is 198 g/mol. The summed E-state index contributed by atoms with van der Waals surface area (Å²) in [6, 6.07) is 0.299. The Kier molecular flexibility index (Phi) is 4.35. The molecule has 1 aliphatic heterocycles. The summed E-state index contributed by atoms with van der Waals surface area (Å²) in [7, 11) is 5.68. The highest BCUT2D eigenvalue weighted by molar-refractivity contribution is 5.76. The first-order valence-corrected chi connectivity index (χ1v) is 5.15. The fourth-order valence-electron chi connectivity index (χ4n) is 1.60. The summed E-state index contributed by atoms with van der Waals surface area (Å²) >= 11 is 0. The average molecular weight is 198 g/mol. The maximum Gasteiger partial charge on any atom is 0.223 e. The van der Waals surface area contributed by atoms with Crippen molar-refractivity contribution in [1.82, 2.24) is 15.1 Å².